The molecule has 2 heterocycles. The molecular weight excluding hydrogens is 200 g/mol. The van der Waals surface area contributed by atoms with Crippen LogP contribution in [0, 0.1) is 6.92 Å². The molecule has 0 amide bonds. The quantitative estimate of drug-likeness (QED) is 0.728. The van der Waals surface area contributed by atoms with E-state index < -0.39 is 0 Å². The van der Waals surface area contributed by atoms with Crippen LogP contribution in [0.2, 0.25) is 0 Å². The Labute approximate surface area is 95.3 Å². The Hall–Kier alpha value is -1.55. The number of nitrogens with zero attached hydrogens (tertiary/aromatic N) is 2. The van der Waals surface area contributed by atoms with E-state index in [-0.39, 0.29) is 0 Å². The molecule has 3 rings (SSSR count). The Morgan fingerprint density at radius 2 is 2.31 bits per heavy atom. The predicted molar refractivity (Wildman–Crippen MR) is 63.9 cm³/mol. The molecule has 4 heteroatoms. The first-order valence-corrected chi connectivity index (χ1v) is 5.70. The minimum Gasteiger partial charge on any atom is -0.353 e. The number of nitrogens with one attached hydrogen (secondary N) is 2. The molecule has 0 atom stereocenters. The molecule has 2 aliphatic heterocycles. The van der Waals surface area contributed by atoms with Crippen molar-refractivity contribution in [1.29, 1.82) is 0 Å². The summed E-state index contributed by atoms with van der Waals surface area (Å²) in [5.41, 5.74) is 7.58. The third kappa shape index (κ3) is 1.65. The summed E-state index contributed by atoms with van der Waals surface area (Å²) >= 11 is 0. The molecule has 0 aromatic heterocycles. The second-order valence-electron chi connectivity index (χ2n) is 4.34. The molecule has 1 aromatic rings. The number of hydrogen-bond donors (Lipinski definition) is 2. The standard InChI is InChI=1S/C12H16N4/c1-9-3-2-4-10-7-16(8-11(9)10)15-12-13-5-6-14-12/h2-4H,5-8H2,1H3,(H2,13,14,15). The molecule has 0 radical (unpaired) electrons. The highest BCUT2D eigenvalue weighted by molar-refractivity contribution is 5.80. The number of benzene rings is 1. The molecule has 0 spiro atoms. The zero-order valence-corrected chi connectivity index (χ0v) is 9.45. The number of aryl methyl sites for hydroxylation is 1. The number of guanidine groups is 1. The Morgan fingerprint density at radius 3 is 3.06 bits per heavy atom. The highest BCUT2D eigenvalue weighted by atomic mass is 15.6. The maximum atomic E-state index is 4.34. The first-order valence-electron chi connectivity index (χ1n) is 5.70. The van der Waals surface area contributed by atoms with Crippen LogP contribution in [0.5, 0.6) is 0 Å². The topological polar surface area (TPSA) is 39.7 Å². The fourth-order valence-electron chi connectivity index (χ4n) is 2.29. The minimum absolute atomic E-state index is 0.877. The molecule has 2 N–H and O–H groups in total. The number of fused-ring (bicyclic) bond motifs is 1. The van der Waals surface area contributed by atoms with Crippen LogP contribution in [0.15, 0.2) is 23.2 Å². The fraction of sp³-hybridized carbons (Fsp3) is 0.417. The molecule has 0 bridgehead atoms. The summed E-state index contributed by atoms with van der Waals surface area (Å²) in [6, 6.07) is 6.50. The molecule has 0 aliphatic carbocycles. The third-order valence-corrected chi connectivity index (χ3v) is 3.16. The van der Waals surface area contributed by atoms with Crippen LogP contribution >= 0.6 is 0 Å². The van der Waals surface area contributed by atoms with E-state index in [2.05, 4.69) is 45.9 Å². The first kappa shape index (κ1) is 9.66. The highest BCUT2D eigenvalue weighted by Crippen LogP contribution is 2.23. The lowest BCUT2D eigenvalue weighted by molar-refractivity contribution is 0.239. The molecule has 16 heavy (non-hydrogen) atoms. The summed E-state index contributed by atoms with van der Waals surface area (Å²) in [4.78, 5) is 4.34. The highest BCUT2D eigenvalue weighted by Gasteiger charge is 2.21. The third-order valence-electron chi connectivity index (χ3n) is 3.16. The lowest BCUT2D eigenvalue weighted by Crippen LogP contribution is -2.43. The van der Waals surface area contributed by atoms with E-state index in [1.165, 1.54) is 16.7 Å². The number of hydrogen-bond acceptors (Lipinski definition) is 4. The summed E-state index contributed by atoms with van der Waals surface area (Å²) in [5, 5.41) is 5.43. The second-order valence-corrected chi connectivity index (χ2v) is 4.34. The van der Waals surface area contributed by atoms with Crippen LogP contribution in [-0.2, 0) is 13.1 Å². The van der Waals surface area contributed by atoms with Gasteiger partial charge in [-0.1, -0.05) is 18.2 Å². The molecule has 0 saturated carbocycles. The average Bonchev–Trinajstić information content (AvgIpc) is 2.88. The van der Waals surface area contributed by atoms with Crippen molar-refractivity contribution >= 4 is 5.96 Å². The van der Waals surface area contributed by atoms with Crippen molar-refractivity contribution in [3.05, 3.63) is 34.9 Å². The van der Waals surface area contributed by atoms with Crippen molar-refractivity contribution in [2.24, 2.45) is 4.99 Å². The van der Waals surface area contributed by atoms with Crippen molar-refractivity contribution < 1.29 is 0 Å². The van der Waals surface area contributed by atoms with Crippen molar-refractivity contribution in [3.63, 3.8) is 0 Å². The number of aliphatic imine (C=N–C) groups is 1. The van der Waals surface area contributed by atoms with E-state index in [1.54, 1.807) is 0 Å². The summed E-state index contributed by atoms with van der Waals surface area (Å²) in [6.07, 6.45) is 0. The summed E-state index contributed by atoms with van der Waals surface area (Å²) in [6.45, 7) is 5.92. The fourth-order valence-corrected chi connectivity index (χ4v) is 2.29. The molecule has 2 aliphatic rings. The molecular formula is C12H16N4. The van der Waals surface area contributed by atoms with Gasteiger partial charge >= 0.3 is 0 Å². The van der Waals surface area contributed by atoms with Gasteiger partial charge < -0.3 is 5.32 Å². The van der Waals surface area contributed by atoms with Gasteiger partial charge in [0.15, 0.2) is 0 Å². The number of rotatable bonds is 1. The summed E-state index contributed by atoms with van der Waals surface area (Å²) in [7, 11) is 0. The maximum absolute atomic E-state index is 4.34. The lowest BCUT2D eigenvalue weighted by atomic mass is 10.1. The van der Waals surface area contributed by atoms with E-state index in [0.29, 0.717) is 0 Å². The molecule has 1 aromatic carbocycles. The largest absolute Gasteiger partial charge is 0.353 e. The van der Waals surface area contributed by atoms with Gasteiger partial charge in [-0.15, -0.1) is 0 Å². The van der Waals surface area contributed by atoms with Gasteiger partial charge in [0.1, 0.15) is 0 Å². The van der Waals surface area contributed by atoms with Crippen LogP contribution < -0.4 is 10.7 Å². The van der Waals surface area contributed by atoms with Gasteiger partial charge in [-0.2, -0.15) is 0 Å². The normalized spacial score (nSPS) is 19.2. The van der Waals surface area contributed by atoms with Gasteiger partial charge in [-0.25, -0.2) is 5.01 Å². The zero-order valence-electron chi connectivity index (χ0n) is 9.45. The molecule has 4 nitrogen and oxygen atoms in total. The minimum atomic E-state index is 0.877. The smallest absolute Gasteiger partial charge is 0.206 e. The van der Waals surface area contributed by atoms with E-state index >= 15 is 0 Å². The van der Waals surface area contributed by atoms with Gasteiger partial charge in [-0.3, -0.25) is 10.4 Å². The molecule has 0 unspecified atom stereocenters. The van der Waals surface area contributed by atoms with E-state index in [4.69, 9.17) is 0 Å². The molecule has 0 saturated heterocycles. The van der Waals surface area contributed by atoms with Gasteiger partial charge in [0.05, 0.1) is 6.54 Å². The zero-order chi connectivity index (χ0) is 11.0. The predicted octanol–water partition coefficient (Wildman–Crippen LogP) is 0.774. The molecule has 84 valence electrons. The Kier molecular flexibility index (Phi) is 2.29. The van der Waals surface area contributed by atoms with Gasteiger partial charge in [-0.05, 0) is 23.6 Å². The Morgan fingerprint density at radius 1 is 1.38 bits per heavy atom. The first-order chi connectivity index (χ1) is 7.83. The van der Waals surface area contributed by atoms with Gasteiger partial charge in [0, 0.05) is 19.6 Å². The van der Waals surface area contributed by atoms with Crippen LogP contribution in [0.3, 0.4) is 0 Å². The Balaban J connectivity index is 1.73. The van der Waals surface area contributed by atoms with Crippen LogP contribution in [-0.4, -0.2) is 24.1 Å². The van der Waals surface area contributed by atoms with Crippen molar-refractivity contribution in [3.8, 4) is 0 Å². The molecule has 0 fully saturated rings. The van der Waals surface area contributed by atoms with Crippen LogP contribution in [0.1, 0.15) is 16.7 Å². The van der Waals surface area contributed by atoms with Crippen molar-refractivity contribution in [2.45, 2.75) is 20.0 Å². The average molecular weight is 216 g/mol. The second kappa shape index (κ2) is 3.79. The lowest BCUT2D eigenvalue weighted by Gasteiger charge is -2.17. The SMILES string of the molecule is Cc1cccc2c1CN(NC1=NCCN1)C2. The summed E-state index contributed by atoms with van der Waals surface area (Å²) in [5.74, 6) is 0.908. The van der Waals surface area contributed by atoms with E-state index in [1.807, 2.05) is 0 Å². The van der Waals surface area contributed by atoms with Crippen molar-refractivity contribution in [1.82, 2.24) is 15.8 Å². The maximum Gasteiger partial charge on any atom is 0.206 e. The van der Waals surface area contributed by atoms with Crippen LogP contribution in [0.4, 0.5) is 0 Å². The van der Waals surface area contributed by atoms with E-state index in [9.17, 15) is 0 Å². The van der Waals surface area contributed by atoms with Gasteiger partial charge in [0.25, 0.3) is 0 Å². The summed E-state index contributed by atoms with van der Waals surface area (Å²) < 4.78 is 0. The Bertz CT molecular complexity index is 439. The van der Waals surface area contributed by atoms with Gasteiger partial charge in [0.2, 0.25) is 5.96 Å². The monoisotopic (exact) mass is 216 g/mol. The van der Waals surface area contributed by atoms with Crippen LogP contribution in [0.25, 0.3) is 0 Å². The number of hydrazine groups is 1. The van der Waals surface area contributed by atoms with Crippen molar-refractivity contribution in [2.75, 3.05) is 13.1 Å². The van der Waals surface area contributed by atoms with E-state index in [0.717, 1.165) is 32.1 Å².